The van der Waals surface area contributed by atoms with Crippen LogP contribution in [-0.4, -0.2) is 5.11 Å². The second-order valence-corrected chi connectivity index (χ2v) is 3.78. The van der Waals surface area contributed by atoms with E-state index in [0.29, 0.717) is 5.76 Å². The Balaban J connectivity index is 2.65. The molecule has 1 aromatic heterocycles. The van der Waals surface area contributed by atoms with Gasteiger partial charge in [0.05, 0.1) is 6.10 Å². The molecule has 1 unspecified atom stereocenters. The lowest BCUT2D eigenvalue weighted by molar-refractivity contribution is 0.159. The Morgan fingerprint density at radius 3 is 2.73 bits per heavy atom. The third-order valence-electron chi connectivity index (χ3n) is 2.50. The molecule has 84 valence electrons. The fourth-order valence-electron chi connectivity index (χ4n) is 1.61. The average Bonchev–Trinajstić information content (AvgIpc) is 2.17. The molecule has 3 heteroatoms. The van der Waals surface area contributed by atoms with Crippen molar-refractivity contribution >= 4 is 0 Å². The zero-order chi connectivity index (χ0) is 11.3. The topological polar surface area (TPSA) is 50.4 Å². The number of aryl methyl sites for hydroxylation is 1. The molecule has 0 aliphatic rings. The van der Waals surface area contributed by atoms with Gasteiger partial charge in [-0.15, -0.1) is 0 Å². The highest BCUT2D eigenvalue weighted by Crippen LogP contribution is 2.21. The predicted octanol–water partition coefficient (Wildman–Crippen LogP) is 2.56. The largest absolute Gasteiger partial charge is 0.428 e. The highest BCUT2D eigenvalue weighted by atomic mass is 16.4. The van der Waals surface area contributed by atoms with E-state index in [1.54, 1.807) is 13.0 Å². The molecule has 0 radical (unpaired) electrons. The van der Waals surface area contributed by atoms with Crippen LogP contribution in [0.5, 0.6) is 0 Å². The fraction of sp³-hybridized carbons (Fsp3) is 0.583. The van der Waals surface area contributed by atoms with E-state index in [9.17, 15) is 9.90 Å². The van der Waals surface area contributed by atoms with Crippen molar-refractivity contribution in [3.05, 3.63) is 33.9 Å². The van der Waals surface area contributed by atoms with Gasteiger partial charge in [-0.05, 0) is 19.4 Å². The first-order valence-electron chi connectivity index (χ1n) is 5.44. The van der Waals surface area contributed by atoms with Crippen LogP contribution in [0, 0.1) is 6.92 Å². The van der Waals surface area contributed by atoms with Gasteiger partial charge in [0.2, 0.25) is 0 Å². The van der Waals surface area contributed by atoms with Crippen LogP contribution < -0.4 is 5.63 Å². The minimum absolute atomic E-state index is 0.364. The molecule has 0 fully saturated rings. The zero-order valence-corrected chi connectivity index (χ0v) is 9.32. The van der Waals surface area contributed by atoms with Crippen LogP contribution in [-0.2, 0) is 0 Å². The maximum Gasteiger partial charge on any atom is 0.335 e. The molecule has 0 saturated heterocycles. The van der Waals surface area contributed by atoms with Gasteiger partial charge >= 0.3 is 5.63 Å². The van der Waals surface area contributed by atoms with Crippen molar-refractivity contribution in [2.24, 2.45) is 0 Å². The monoisotopic (exact) mass is 210 g/mol. The van der Waals surface area contributed by atoms with Gasteiger partial charge in [-0.2, -0.15) is 0 Å². The van der Waals surface area contributed by atoms with Crippen molar-refractivity contribution in [3.8, 4) is 0 Å². The Morgan fingerprint density at radius 2 is 2.13 bits per heavy atom. The van der Waals surface area contributed by atoms with Gasteiger partial charge in [0.25, 0.3) is 0 Å². The van der Waals surface area contributed by atoms with Gasteiger partial charge in [0.1, 0.15) is 5.76 Å². The molecule has 15 heavy (non-hydrogen) atoms. The summed E-state index contributed by atoms with van der Waals surface area (Å²) in [5.41, 5.74) is 0.364. The Kier molecular flexibility index (Phi) is 4.56. The molecule has 1 heterocycles. The van der Waals surface area contributed by atoms with Crippen molar-refractivity contribution in [2.75, 3.05) is 0 Å². The number of hydrogen-bond donors (Lipinski definition) is 1. The average molecular weight is 210 g/mol. The van der Waals surface area contributed by atoms with Crippen LogP contribution in [0.2, 0.25) is 0 Å². The van der Waals surface area contributed by atoms with Crippen molar-refractivity contribution in [2.45, 2.75) is 45.6 Å². The normalized spacial score (nSPS) is 12.7. The Labute approximate surface area is 89.7 Å². The third-order valence-corrected chi connectivity index (χ3v) is 2.50. The van der Waals surface area contributed by atoms with E-state index in [-0.39, 0.29) is 5.63 Å². The Hall–Kier alpha value is -1.09. The summed E-state index contributed by atoms with van der Waals surface area (Å²) in [7, 11) is 0. The maximum atomic E-state index is 10.9. The number of hydrogen-bond acceptors (Lipinski definition) is 3. The van der Waals surface area contributed by atoms with E-state index in [2.05, 4.69) is 6.92 Å². The Morgan fingerprint density at radius 1 is 1.40 bits per heavy atom. The van der Waals surface area contributed by atoms with Crippen LogP contribution in [0.1, 0.15) is 50.0 Å². The summed E-state index contributed by atoms with van der Waals surface area (Å²) in [4.78, 5) is 10.9. The molecule has 0 amide bonds. The molecule has 1 N–H and O–H groups in total. The first kappa shape index (κ1) is 12.0. The zero-order valence-electron chi connectivity index (χ0n) is 9.32. The summed E-state index contributed by atoms with van der Waals surface area (Å²) < 4.78 is 4.92. The second kappa shape index (κ2) is 5.71. The van der Waals surface area contributed by atoms with Crippen molar-refractivity contribution in [1.29, 1.82) is 0 Å². The lowest BCUT2D eigenvalue weighted by atomic mass is 10.0. The molecule has 0 saturated carbocycles. The van der Waals surface area contributed by atoms with Gasteiger partial charge in [0, 0.05) is 11.6 Å². The molecule has 0 aliphatic carbocycles. The molecule has 0 aromatic carbocycles. The van der Waals surface area contributed by atoms with E-state index < -0.39 is 6.10 Å². The molecule has 0 aliphatic heterocycles. The summed E-state index contributed by atoms with van der Waals surface area (Å²) >= 11 is 0. The number of unbranched alkanes of at least 4 members (excludes halogenated alkanes) is 2. The molecule has 1 aromatic rings. The molecular weight excluding hydrogens is 192 g/mol. The lowest BCUT2D eigenvalue weighted by Gasteiger charge is -2.11. The minimum Gasteiger partial charge on any atom is -0.428 e. The minimum atomic E-state index is -0.513. The SMILES string of the molecule is CCCCCC(O)c1ccc(=O)oc1C. The number of aliphatic hydroxyl groups is 1. The van der Waals surface area contributed by atoms with Crippen LogP contribution in [0.15, 0.2) is 21.3 Å². The van der Waals surface area contributed by atoms with Crippen LogP contribution in [0.3, 0.4) is 0 Å². The Bertz CT molecular complexity index is 354. The van der Waals surface area contributed by atoms with Gasteiger partial charge in [0.15, 0.2) is 0 Å². The standard InChI is InChI=1S/C12H18O3/c1-3-4-5-6-11(13)10-7-8-12(14)15-9(10)2/h7-8,11,13H,3-6H2,1-2H3. The highest BCUT2D eigenvalue weighted by molar-refractivity contribution is 5.18. The van der Waals surface area contributed by atoms with Crippen LogP contribution in [0.25, 0.3) is 0 Å². The second-order valence-electron chi connectivity index (χ2n) is 3.78. The maximum absolute atomic E-state index is 10.9. The van der Waals surface area contributed by atoms with Gasteiger partial charge in [-0.1, -0.05) is 26.2 Å². The highest BCUT2D eigenvalue weighted by Gasteiger charge is 2.11. The number of aliphatic hydroxyl groups excluding tert-OH is 1. The summed E-state index contributed by atoms with van der Waals surface area (Å²) in [6, 6.07) is 3.00. The van der Waals surface area contributed by atoms with Crippen molar-refractivity contribution < 1.29 is 9.52 Å². The van der Waals surface area contributed by atoms with E-state index >= 15 is 0 Å². The van der Waals surface area contributed by atoms with E-state index in [4.69, 9.17) is 4.42 Å². The van der Waals surface area contributed by atoms with E-state index in [1.807, 2.05) is 0 Å². The summed E-state index contributed by atoms with van der Waals surface area (Å²) in [6.07, 6.45) is 3.46. The van der Waals surface area contributed by atoms with E-state index in [1.165, 1.54) is 6.07 Å². The molecule has 1 rings (SSSR count). The van der Waals surface area contributed by atoms with E-state index in [0.717, 1.165) is 31.2 Å². The molecule has 3 nitrogen and oxygen atoms in total. The third kappa shape index (κ3) is 3.51. The van der Waals surface area contributed by atoms with Gasteiger partial charge in [-0.3, -0.25) is 0 Å². The molecule has 1 atom stereocenters. The molecule has 0 spiro atoms. The lowest BCUT2D eigenvalue weighted by Crippen LogP contribution is -2.05. The number of rotatable bonds is 5. The first-order chi connectivity index (χ1) is 7.15. The fourth-order valence-corrected chi connectivity index (χ4v) is 1.61. The van der Waals surface area contributed by atoms with Crippen molar-refractivity contribution in [1.82, 2.24) is 0 Å². The smallest absolute Gasteiger partial charge is 0.335 e. The van der Waals surface area contributed by atoms with Crippen LogP contribution in [0.4, 0.5) is 0 Å². The van der Waals surface area contributed by atoms with Gasteiger partial charge < -0.3 is 9.52 Å². The molecular formula is C12H18O3. The molecule has 0 bridgehead atoms. The van der Waals surface area contributed by atoms with Crippen LogP contribution >= 0.6 is 0 Å². The first-order valence-corrected chi connectivity index (χ1v) is 5.44. The quantitative estimate of drug-likeness (QED) is 0.760. The summed E-state index contributed by atoms with van der Waals surface area (Å²) in [5, 5.41) is 9.86. The predicted molar refractivity (Wildman–Crippen MR) is 58.8 cm³/mol. The van der Waals surface area contributed by atoms with Crippen molar-refractivity contribution in [3.63, 3.8) is 0 Å². The van der Waals surface area contributed by atoms with Gasteiger partial charge in [-0.25, -0.2) is 4.79 Å². The summed E-state index contributed by atoms with van der Waals surface area (Å²) in [5.74, 6) is 0.520. The summed E-state index contributed by atoms with van der Waals surface area (Å²) in [6.45, 7) is 3.83.